The fourth-order valence-corrected chi connectivity index (χ4v) is 1.55. The Balaban J connectivity index is 2.56. The van der Waals surface area contributed by atoms with Crippen LogP contribution in [0.3, 0.4) is 0 Å². The molecule has 0 spiro atoms. The smallest absolute Gasteiger partial charge is 0.303 e. The molecule has 0 aliphatic rings. The van der Waals surface area contributed by atoms with E-state index in [0.717, 1.165) is 0 Å². The lowest BCUT2D eigenvalue weighted by molar-refractivity contribution is -0.138. The summed E-state index contributed by atoms with van der Waals surface area (Å²) in [5.74, 6) is -1.26. The average Bonchev–Trinajstić information content (AvgIpc) is 2.42. The van der Waals surface area contributed by atoms with Gasteiger partial charge in [0.2, 0.25) is 0 Å². The summed E-state index contributed by atoms with van der Waals surface area (Å²) in [5, 5.41) is 20.2. The first-order valence-electron chi connectivity index (χ1n) is 5.81. The number of carboxylic acids is 1. The molecule has 0 fully saturated rings. The van der Waals surface area contributed by atoms with Gasteiger partial charge in [-0.2, -0.15) is 0 Å². The first-order valence-corrected chi connectivity index (χ1v) is 5.81. The summed E-state index contributed by atoms with van der Waals surface area (Å²) in [6.45, 7) is -0.177. The predicted molar refractivity (Wildman–Crippen MR) is 68.2 cm³/mol. The zero-order valence-electron chi connectivity index (χ0n) is 10.6. The molecule has 6 nitrogen and oxygen atoms in total. The van der Waals surface area contributed by atoms with Gasteiger partial charge in [0.05, 0.1) is 13.5 Å². The van der Waals surface area contributed by atoms with Gasteiger partial charge in [-0.1, -0.05) is 6.07 Å². The molecule has 0 saturated heterocycles. The zero-order chi connectivity index (χ0) is 14.3. The number of carbonyl (C=O) groups excluding carboxylic acids is 1. The Labute approximate surface area is 111 Å². The number of benzene rings is 1. The van der Waals surface area contributed by atoms with Crippen molar-refractivity contribution in [1.82, 2.24) is 5.32 Å². The van der Waals surface area contributed by atoms with Crippen LogP contribution in [-0.4, -0.2) is 42.4 Å². The van der Waals surface area contributed by atoms with Crippen LogP contribution in [-0.2, 0) is 4.79 Å². The number of aliphatic hydroxyl groups excluding tert-OH is 1. The summed E-state index contributed by atoms with van der Waals surface area (Å²) in [6, 6.07) is 6.62. The van der Waals surface area contributed by atoms with E-state index in [1.807, 2.05) is 0 Å². The van der Waals surface area contributed by atoms with E-state index >= 15 is 0 Å². The third-order valence-corrected chi connectivity index (χ3v) is 2.60. The summed E-state index contributed by atoms with van der Waals surface area (Å²) >= 11 is 0. The molecule has 0 aromatic heterocycles. The quantitative estimate of drug-likeness (QED) is 0.669. The fraction of sp³-hybridized carbons (Fsp3) is 0.385. The number of ether oxygens (including phenoxy) is 1. The zero-order valence-corrected chi connectivity index (χ0v) is 10.6. The summed E-state index contributed by atoms with van der Waals surface area (Å²) in [6.07, 6.45) is -0.186. The second-order valence-corrected chi connectivity index (χ2v) is 4.09. The van der Waals surface area contributed by atoms with Gasteiger partial charge in [-0.05, 0) is 18.2 Å². The molecule has 0 heterocycles. The third-order valence-electron chi connectivity index (χ3n) is 2.60. The van der Waals surface area contributed by atoms with E-state index in [0.29, 0.717) is 11.3 Å². The molecular weight excluding hydrogens is 250 g/mol. The minimum atomic E-state index is -1.00. The van der Waals surface area contributed by atoms with Crippen molar-refractivity contribution >= 4 is 11.9 Å². The van der Waals surface area contributed by atoms with Crippen molar-refractivity contribution in [3.8, 4) is 5.75 Å². The van der Waals surface area contributed by atoms with Crippen LogP contribution >= 0.6 is 0 Å². The Bertz CT molecular complexity index is 446. The first-order chi connectivity index (χ1) is 9.06. The molecule has 6 heteroatoms. The fourth-order valence-electron chi connectivity index (χ4n) is 1.55. The average molecular weight is 267 g/mol. The summed E-state index contributed by atoms with van der Waals surface area (Å²) in [4.78, 5) is 22.3. The van der Waals surface area contributed by atoms with Gasteiger partial charge in [0.15, 0.2) is 0 Å². The molecule has 0 aliphatic carbocycles. The number of carbonyl (C=O) groups is 2. The molecule has 1 rings (SSSR count). The largest absolute Gasteiger partial charge is 0.497 e. The number of aliphatic carboxylic acids is 1. The Kier molecular flexibility index (Phi) is 5.81. The van der Waals surface area contributed by atoms with E-state index in [2.05, 4.69) is 5.32 Å². The monoisotopic (exact) mass is 267 g/mol. The van der Waals surface area contributed by atoms with Crippen LogP contribution in [0.4, 0.5) is 0 Å². The van der Waals surface area contributed by atoms with Crippen LogP contribution in [0.25, 0.3) is 0 Å². The first kappa shape index (κ1) is 15.0. The number of carboxylic acid groups (broad SMARTS) is 1. The normalized spacial score (nSPS) is 11.7. The van der Waals surface area contributed by atoms with Gasteiger partial charge in [-0.25, -0.2) is 0 Å². The van der Waals surface area contributed by atoms with Gasteiger partial charge in [0.1, 0.15) is 5.75 Å². The molecule has 1 aromatic rings. The molecule has 0 saturated carbocycles. The summed E-state index contributed by atoms with van der Waals surface area (Å²) in [5.41, 5.74) is 0.423. The second kappa shape index (κ2) is 7.38. The van der Waals surface area contributed by atoms with Crippen LogP contribution in [0, 0.1) is 5.92 Å². The number of aliphatic hydroxyl groups is 1. The molecule has 1 unspecified atom stereocenters. The van der Waals surface area contributed by atoms with Gasteiger partial charge in [-0.15, -0.1) is 0 Å². The van der Waals surface area contributed by atoms with Crippen molar-refractivity contribution in [1.29, 1.82) is 0 Å². The molecule has 19 heavy (non-hydrogen) atoms. The van der Waals surface area contributed by atoms with Crippen molar-refractivity contribution in [2.45, 2.75) is 6.42 Å². The Morgan fingerprint density at radius 2 is 2.16 bits per heavy atom. The molecule has 0 aliphatic heterocycles. The standard InChI is InChI=1S/C13H17NO5/c1-19-11-4-2-3-10(6-11)13(18)14-7-9(8-15)5-12(16)17/h2-4,6,9,15H,5,7-8H2,1H3,(H,14,18)(H,16,17). The maximum atomic E-state index is 11.8. The lowest BCUT2D eigenvalue weighted by Gasteiger charge is -2.13. The van der Waals surface area contributed by atoms with Crippen molar-refractivity contribution < 1.29 is 24.5 Å². The number of hydrogen-bond donors (Lipinski definition) is 3. The number of rotatable bonds is 7. The number of nitrogens with one attached hydrogen (secondary N) is 1. The lowest BCUT2D eigenvalue weighted by Crippen LogP contribution is -2.31. The van der Waals surface area contributed by atoms with E-state index in [1.54, 1.807) is 24.3 Å². The number of amides is 1. The Hall–Kier alpha value is -2.08. The van der Waals surface area contributed by atoms with E-state index < -0.39 is 11.9 Å². The SMILES string of the molecule is COc1cccc(C(=O)NCC(CO)CC(=O)O)c1. The van der Waals surface area contributed by atoms with Crippen molar-refractivity contribution in [3.05, 3.63) is 29.8 Å². The van der Waals surface area contributed by atoms with Gasteiger partial charge in [0, 0.05) is 24.6 Å². The van der Waals surface area contributed by atoms with Gasteiger partial charge >= 0.3 is 5.97 Å². The molecule has 1 aromatic carbocycles. The highest BCUT2D eigenvalue weighted by atomic mass is 16.5. The van der Waals surface area contributed by atoms with E-state index in [-0.39, 0.29) is 25.5 Å². The number of methoxy groups -OCH3 is 1. The minimum Gasteiger partial charge on any atom is -0.497 e. The molecule has 3 N–H and O–H groups in total. The van der Waals surface area contributed by atoms with Crippen molar-refractivity contribution in [3.63, 3.8) is 0 Å². The minimum absolute atomic E-state index is 0.110. The van der Waals surface area contributed by atoms with Gasteiger partial charge in [-0.3, -0.25) is 9.59 Å². The molecule has 1 atom stereocenters. The Morgan fingerprint density at radius 1 is 1.42 bits per heavy atom. The molecule has 1 amide bonds. The van der Waals surface area contributed by atoms with E-state index in [1.165, 1.54) is 7.11 Å². The van der Waals surface area contributed by atoms with E-state index in [9.17, 15) is 9.59 Å². The molecular formula is C13H17NO5. The van der Waals surface area contributed by atoms with Crippen LogP contribution < -0.4 is 10.1 Å². The predicted octanol–water partition coefficient (Wildman–Crippen LogP) is 0.508. The van der Waals surface area contributed by atoms with Crippen molar-refractivity contribution in [2.24, 2.45) is 5.92 Å². The van der Waals surface area contributed by atoms with Crippen LogP contribution in [0.5, 0.6) is 5.75 Å². The highest BCUT2D eigenvalue weighted by Gasteiger charge is 2.14. The molecule has 0 bridgehead atoms. The van der Waals surface area contributed by atoms with E-state index in [4.69, 9.17) is 14.9 Å². The Morgan fingerprint density at radius 3 is 2.74 bits per heavy atom. The molecule has 0 radical (unpaired) electrons. The highest BCUT2D eigenvalue weighted by Crippen LogP contribution is 2.12. The molecule has 104 valence electrons. The third kappa shape index (κ3) is 4.97. The second-order valence-electron chi connectivity index (χ2n) is 4.09. The van der Waals surface area contributed by atoms with Crippen LogP contribution in [0.1, 0.15) is 16.8 Å². The number of hydrogen-bond acceptors (Lipinski definition) is 4. The topological polar surface area (TPSA) is 95.9 Å². The highest BCUT2D eigenvalue weighted by molar-refractivity contribution is 5.94. The summed E-state index contributed by atoms with van der Waals surface area (Å²) in [7, 11) is 1.51. The van der Waals surface area contributed by atoms with Crippen molar-refractivity contribution in [2.75, 3.05) is 20.3 Å². The van der Waals surface area contributed by atoms with Gasteiger partial charge < -0.3 is 20.3 Å². The van der Waals surface area contributed by atoms with Gasteiger partial charge in [0.25, 0.3) is 5.91 Å². The maximum absolute atomic E-state index is 11.8. The lowest BCUT2D eigenvalue weighted by atomic mass is 10.1. The van der Waals surface area contributed by atoms with Crippen LogP contribution in [0.15, 0.2) is 24.3 Å². The van der Waals surface area contributed by atoms with Crippen LogP contribution in [0.2, 0.25) is 0 Å². The summed E-state index contributed by atoms with van der Waals surface area (Å²) < 4.78 is 5.01. The maximum Gasteiger partial charge on any atom is 0.303 e.